The second-order valence-electron chi connectivity index (χ2n) is 7.04. The van der Waals surface area contributed by atoms with Gasteiger partial charge in [0.25, 0.3) is 0 Å². The van der Waals surface area contributed by atoms with Gasteiger partial charge in [-0.25, -0.2) is 4.39 Å². The average molecular weight is 317 g/mol. The van der Waals surface area contributed by atoms with E-state index >= 15 is 0 Å². The SMILES string of the molecule is Cc1ccc(F)cc1N1CC(c2nc(C(C)(C)C)no2)CC1=O. The van der Waals surface area contributed by atoms with E-state index in [1.165, 1.54) is 12.1 Å². The van der Waals surface area contributed by atoms with Crippen LogP contribution >= 0.6 is 0 Å². The highest BCUT2D eigenvalue weighted by Gasteiger charge is 2.36. The topological polar surface area (TPSA) is 59.2 Å². The van der Waals surface area contributed by atoms with Gasteiger partial charge in [0.1, 0.15) is 5.82 Å². The summed E-state index contributed by atoms with van der Waals surface area (Å²) in [6.45, 7) is 8.30. The average Bonchev–Trinajstić information content (AvgIpc) is 3.07. The summed E-state index contributed by atoms with van der Waals surface area (Å²) in [5.41, 5.74) is 1.26. The van der Waals surface area contributed by atoms with Gasteiger partial charge >= 0.3 is 0 Å². The zero-order valence-corrected chi connectivity index (χ0v) is 13.8. The first-order chi connectivity index (χ1) is 10.8. The Hall–Kier alpha value is -2.24. The van der Waals surface area contributed by atoms with E-state index < -0.39 is 0 Å². The molecular formula is C17H20FN3O2. The number of hydrogen-bond acceptors (Lipinski definition) is 4. The first-order valence-electron chi connectivity index (χ1n) is 7.66. The molecule has 1 aromatic heterocycles. The van der Waals surface area contributed by atoms with E-state index in [1.54, 1.807) is 11.0 Å². The van der Waals surface area contributed by atoms with Gasteiger partial charge in [-0.1, -0.05) is 32.0 Å². The van der Waals surface area contributed by atoms with Crippen molar-refractivity contribution in [2.45, 2.75) is 45.4 Å². The summed E-state index contributed by atoms with van der Waals surface area (Å²) >= 11 is 0. The number of aryl methyl sites for hydroxylation is 1. The Labute approximate surface area is 134 Å². The number of carbonyl (C=O) groups excluding carboxylic acids is 1. The van der Waals surface area contributed by atoms with Crippen molar-refractivity contribution in [2.75, 3.05) is 11.4 Å². The molecule has 0 bridgehead atoms. The van der Waals surface area contributed by atoms with Gasteiger partial charge in [-0.05, 0) is 24.6 Å². The maximum Gasteiger partial charge on any atom is 0.232 e. The van der Waals surface area contributed by atoms with Crippen molar-refractivity contribution in [3.05, 3.63) is 41.3 Å². The second-order valence-corrected chi connectivity index (χ2v) is 7.04. The molecule has 0 spiro atoms. The van der Waals surface area contributed by atoms with Gasteiger partial charge in [0.05, 0.1) is 5.92 Å². The molecule has 5 nitrogen and oxygen atoms in total. The fourth-order valence-electron chi connectivity index (χ4n) is 2.68. The van der Waals surface area contributed by atoms with Crippen LogP contribution < -0.4 is 4.90 Å². The third-order valence-electron chi connectivity index (χ3n) is 4.05. The van der Waals surface area contributed by atoms with Crippen molar-refractivity contribution in [1.82, 2.24) is 10.1 Å². The van der Waals surface area contributed by atoms with Crippen molar-refractivity contribution in [2.24, 2.45) is 0 Å². The Bertz CT molecular complexity index is 749. The van der Waals surface area contributed by atoms with Gasteiger partial charge in [0.15, 0.2) is 5.82 Å². The summed E-state index contributed by atoms with van der Waals surface area (Å²) in [5, 5.41) is 4.01. The lowest BCUT2D eigenvalue weighted by atomic mass is 9.96. The van der Waals surface area contributed by atoms with Crippen LogP contribution in [0.15, 0.2) is 22.7 Å². The van der Waals surface area contributed by atoms with Gasteiger partial charge in [-0.15, -0.1) is 0 Å². The van der Waals surface area contributed by atoms with Gasteiger partial charge in [-0.3, -0.25) is 4.79 Å². The molecule has 1 amide bonds. The molecule has 1 atom stereocenters. The lowest BCUT2D eigenvalue weighted by molar-refractivity contribution is -0.117. The Balaban J connectivity index is 1.85. The molecule has 2 heterocycles. The molecule has 2 aromatic rings. The van der Waals surface area contributed by atoms with E-state index in [4.69, 9.17) is 4.52 Å². The number of carbonyl (C=O) groups is 1. The molecular weight excluding hydrogens is 297 g/mol. The molecule has 0 radical (unpaired) electrons. The Morgan fingerprint density at radius 1 is 1.35 bits per heavy atom. The summed E-state index contributed by atoms with van der Waals surface area (Å²) in [4.78, 5) is 18.4. The molecule has 3 rings (SSSR count). The molecule has 1 aromatic carbocycles. The highest BCUT2D eigenvalue weighted by Crippen LogP contribution is 2.33. The molecule has 0 N–H and O–H groups in total. The smallest absolute Gasteiger partial charge is 0.232 e. The maximum absolute atomic E-state index is 13.5. The molecule has 23 heavy (non-hydrogen) atoms. The van der Waals surface area contributed by atoms with Crippen LogP contribution in [-0.2, 0) is 10.2 Å². The van der Waals surface area contributed by atoms with Crippen molar-refractivity contribution in [3.63, 3.8) is 0 Å². The van der Waals surface area contributed by atoms with Crippen molar-refractivity contribution in [1.29, 1.82) is 0 Å². The number of amides is 1. The summed E-state index contributed by atoms with van der Waals surface area (Å²) in [5.74, 6) is 0.530. The van der Waals surface area contributed by atoms with E-state index in [2.05, 4.69) is 10.1 Å². The van der Waals surface area contributed by atoms with Crippen LogP contribution in [0.3, 0.4) is 0 Å². The van der Waals surface area contributed by atoms with Gasteiger partial charge in [-0.2, -0.15) is 4.98 Å². The molecule has 122 valence electrons. The predicted octanol–water partition coefficient (Wildman–Crippen LogP) is 3.34. The van der Waals surface area contributed by atoms with E-state index in [-0.39, 0.29) is 23.1 Å². The lowest BCUT2D eigenvalue weighted by Crippen LogP contribution is -2.25. The number of benzene rings is 1. The lowest BCUT2D eigenvalue weighted by Gasteiger charge is -2.18. The first kappa shape index (κ1) is 15.6. The zero-order valence-electron chi connectivity index (χ0n) is 13.8. The normalized spacial score (nSPS) is 18.7. The number of rotatable bonds is 2. The Morgan fingerprint density at radius 2 is 2.09 bits per heavy atom. The van der Waals surface area contributed by atoms with Crippen LogP contribution in [0, 0.1) is 12.7 Å². The van der Waals surface area contributed by atoms with Crippen LogP contribution in [0.25, 0.3) is 0 Å². The van der Waals surface area contributed by atoms with E-state index in [0.717, 1.165) is 5.56 Å². The first-order valence-corrected chi connectivity index (χ1v) is 7.66. The molecule has 1 unspecified atom stereocenters. The van der Waals surface area contributed by atoms with Crippen LogP contribution in [0.2, 0.25) is 0 Å². The standard InChI is InChI=1S/C17H20FN3O2/c1-10-5-6-12(18)8-13(10)21-9-11(7-14(21)22)15-19-16(20-23-15)17(2,3)4/h5-6,8,11H,7,9H2,1-4H3. The summed E-state index contributed by atoms with van der Waals surface area (Å²) in [6, 6.07) is 4.46. The van der Waals surface area contributed by atoms with E-state index in [1.807, 2.05) is 27.7 Å². The molecule has 0 aliphatic carbocycles. The summed E-state index contributed by atoms with van der Waals surface area (Å²) in [7, 11) is 0. The molecule has 1 fully saturated rings. The number of aromatic nitrogens is 2. The fraction of sp³-hybridized carbons (Fsp3) is 0.471. The zero-order chi connectivity index (χ0) is 16.8. The highest BCUT2D eigenvalue weighted by atomic mass is 19.1. The third kappa shape index (κ3) is 2.98. The monoisotopic (exact) mass is 317 g/mol. The molecule has 6 heteroatoms. The number of halogens is 1. The van der Waals surface area contributed by atoms with Crippen LogP contribution in [0.4, 0.5) is 10.1 Å². The molecule has 0 saturated carbocycles. The van der Waals surface area contributed by atoms with Gasteiger partial charge in [0.2, 0.25) is 11.8 Å². The minimum atomic E-state index is -0.352. The second kappa shape index (κ2) is 5.44. The van der Waals surface area contributed by atoms with Gasteiger partial charge < -0.3 is 9.42 Å². The summed E-state index contributed by atoms with van der Waals surface area (Å²) < 4.78 is 18.9. The van der Waals surface area contributed by atoms with E-state index in [0.29, 0.717) is 30.4 Å². The van der Waals surface area contributed by atoms with Gasteiger partial charge in [0, 0.05) is 24.1 Å². The minimum Gasteiger partial charge on any atom is -0.339 e. The number of anilines is 1. The quantitative estimate of drug-likeness (QED) is 0.852. The summed E-state index contributed by atoms with van der Waals surface area (Å²) in [6.07, 6.45) is 0.293. The predicted molar refractivity (Wildman–Crippen MR) is 83.8 cm³/mol. The number of hydrogen-bond donors (Lipinski definition) is 0. The minimum absolute atomic E-state index is 0.0563. The van der Waals surface area contributed by atoms with Crippen molar-refractivity contribution < 1.29 is 13.7 Å². The molecule has 1 saturated heterocycles. The Kier molecular flexibility index (Phi) is 3.70. The third-order valence-corrected chi connectivity index (χ3v) is 4.05. The van der Waals surface area contributed by atoms with Crippen molar-refractivity contribution >= 4 is 11.6 Å². The fourth-order valence-corrected chi connectivity index (χ4v) is 2.68. The van der Waals surface area contributed by atoms with Crippen molar-refractivity contribution in [3.8, 4) is 0 Å². The Morgan fingerprint density at radius 3 is 2.74 bits per heavy atom. The largest absolute Gasteiger partial charge is 0.339 e. The molecule has 1 aliphatic heterocycles. The van der Waals surface area contributed by atoms with Crippen LogP contribution in [0.5, 0.6) is 0 Å². The highest BCUT2D eigenvalue weighted by molar-refractivity contribution is 5.97. The maximum atomic E-state index is 13.5. The van der Waals surface area contributed by atoms with E-state index in [9.17, 15) is 9.18 Å². The molecule has 1 aliphatic rings. The van der Waals surface area contributed by atoms with Crippen LogP contribution in [-0.4, -0.2) is 22.6 Å². The van der Waals surface area contributed by atoms with Crippen LogP contribution in [0.1, 0.15) is 50.4 Å². The number of nitrogens with zero attached hydrogens (tertiary/aromatic N) is 3.